The van der Waals surface area contributed by atoms with E-state index in [2.05, 4.69) is 4.18 Å². The van der Waals surface area contributed by atoms with E-state index in [0.29, 0.717) is 48.9 Å². The Balaban J connectivity index is 1.42. The molecule has 14 heteroatoms. The Morgan fingerprint density at radius 3 is 2.05 bits per heavy atom. The molecule has 42 heavy (non-hydrogen) atoms. The first-order chi connectivity index (χ1) is 20.1. The van der Waals surface area contributed by atoms with Gasteiger partial charge in [0.25, 0.3) is 0 Å². The first kappa shape index (κ1) is 29.6. The third kappa shape index (κ3) is 5.62. The molecular formula is C28H25F3O10S. The zero-order valence-corrected chi connectivity index (χ0v) is 23.0. The minimum absolute atomic E-state index is 0.0733. The summed E-state index contributed by atoms with van der Waals surface area (Å²) in [6.07, 6.45) is 0. The molecule has 0 saturated heterocycles. The number of hydrogen-bond acceptors (Lipinski definition) is 10. The first-order valence-corrected chi connectivity index (χ1v) is 14.1. The summed E-state index contributed by atoms with van der Waals surface area (Å²) in [6, 6.07) is 14.8. The average molecular weight is 611 g/mol. The Labute approximate surface area is 238 Å². The van der Waals surface area contributed by atoms with Gasteiger partial charge in [0, 0.05) is 35.9 Å². The van der Waals surface area contributed by atoms with Crippen molar-refractivity contribution in [2.75, 3.05) is 46.8 Å². The van der Waals surface area contributed by atoms with Crippen LogP contribution in [-0.4, -0.2) is 66.6 Å². The zero-order valence-electron chi connectivity index (χ0n) is 22.1. The lowest BCUT2D eigenvalue weighted by atomic mass is 9.77. The van der Waals surface area contributed by atoms with Crippen LogP contribution in [0.3, 0.4) is 0 Å². The minimum atomic E-state index is -5.94. The first-order valence-electron chi connectivity index (χ1n) is 12.6. The lowest BCUT2D eigenvalue weighted by Crippen LogP contribution is -2.33. The largest absolute Gasteiger partial charge is 0.534 e. The molecule has 2 aliphatic rings. The number of esters is 1. The third-order valence-electron chi connectivity index (χ3n) is 6.45. The van der Waals surface area contributed by atoms with Crippen LogP contribution in [0.25, 0.3) is 0 Å². The predicted octanol–water partition coefficient (Wildman–Crippen LogP) is 4.54. The van der Waals surface area contributed by atoms with Gasteiger partial charge in [0.15, 0.2) is 5.60 Å². The van der Waals surface area contributed by atoms with Gasteiger partial charge in [-0.05, 0) is 30.3 Å². The summed E-state index contributed by atoms with van der Waals surface area (Å²) < 4.78 is 99.8. The van der Waals surface area contributed by atoms with Gasteiger partial charge in [-0.3, -0.25) is 0 Å². The number of carbonyl (C=O) groups excluding carboxylic acids is 1. The molecule has 10 nitrogen and oxygen atoms in total. The highest BCUT2D eigenvalue weighted by Gasteiger charge is 2.54. The fourth-order valence-corrected chi connectivity index (χ4v) is 5.09. The molecule has 3 aromatic carbocycles. The van der Waals surface area contributed by atoms with Crippen molar-refractivity contribution in [3.05, 3.63) is 82.9 Å². The molecular weight excluding hydrogens is 585 g/mol. The normalized spacial score (nSPS) is 17.2. The Bertz CT molecular complexity index is 1570. The molecule has 1 unspecified atom stereocenters. The molecule has 2 heterocycles. The van der Waals surface area contributed by atoms with E-state index >= 15 is 0 Å². The van der Waals surface area contributed by atoms with Crippen molar-refractivity contribution >= 4 is 16.1 Å². The lowest BCUT2D eigenvalue weighted by molar-refractivity contribution is -0.0500. The Hall–Kier alpha value is -3.85. The van der Waals surface area contributed by atoms with Gasteiger partial charge in [0.05, 0.1) is 38.6 Å². The Morgan fingerprint density at radius 2 is 1.38 bits per heavy atom. The fourth-order valence-electron chi connectivity index (χ4n) is 4.63. The average Bonchev–Trinajstić information content (AvgIpc) is 3.24. The molecule has 0 N–H and O–H groups in total. The monoisotopic (exact) mass is 610 g/mol. The summed E-state index contributed by atoms with van der Waals surface area (Å²) in [7, 11) is -4.36. The van der Waals surface area contributed by atoms with E-state index in [1.165, 1.54) is 12.1 Å². The molecule has 5 rings (SSSR count). The van der Waals surface area contributed by atoms with Crippen molar-refractivity contribution in [1.82, 2.24) is 0 Å². The van der Waals surface area contributed by atoms with Crippen LogP contribution in [0.2, 0.25) is 0 Å². The molecule has 0 fully saturated rings. The van der Waals surface area contributed by atoms with Gasteiger partial charge < -0.3 is 32.6 Å². The van der Waals surface area contributed by atoms with Crippen LogP contribution in [0.5, 0.6) is 23.0 Å². The second kappa shape index (κ2) is 11.8. The van der Waals surface area contributed by atoms with Crippen LogP contribution in [0.15, 0.2) is 60.7 Å². The highest BCUT2D eigenvalue weighted by Crippen LogP contribution is 2.57. The van der Waals surface area contributed by atoms with Crippen LogP contribution in [-0.2, 0) is 34.7 Å². The second-order valence-corrected chi connectivity index (χ2v) is 10.6. The highest BCUT2D eigenvalue weighted by molar-refractivity contribution is 7.88. The maximum absolute atomic E-state index is 12.9. The van der Waals surface area contributed by atoms with Crippen LogP contribution >= 0.6 is 0 Å². The van der Waals surface area contributed by atoms with E-state index in [1.54, 1.807) is 43.5 Å². The molecule has 1 atom stereocenters. The number of carbonyl (C=O) groups is 1. The van der Waals surface area contributed by atoms with Crippen molar-refractivity contribution in [1.29, 1.82) is 0 Å². The smallest absolute Gasteiger partial charge is 0.491 e. The molecule has 1 spiro atoms. The summed E-state index contributed by atoms with van der Waals surface area (Å²) in [6.45, 7) is 2.15. The maximum Gasteiger partial charge on any atom is 0.534 e. The molecule has 0 aromatic heterocycles. The summed E-state index contributed by atoms with van der Waals surface area (Å²) in [5.41, 5.74) is -5.69. The predicted molar refractivity (Wildman–Crippen MR) is 139 cm³/mol. The van der Waals surface area contributed by atoms with E-state index in [9.17, 15) is 26.4 Å². The molecule has 224 valence electrons. The van der Waals surface area contributed by atoms with Gasteiger partial charge in [0.1, 0.15) is 29.6 Å². The standard InChI is InChI=1S/C28H25F3O10S/c1-35-10-11-36-12-13-37-14-15-38-18-6-8-22-24(16-18)39-25-17-19(41-42(33,34)28(29,30)31)7-9-23(25)27(22)21-5-3-2-4-20(21)26(32)40-27/h2-9,16-17H,10-15H2,1H3. The Morgan fingerprint density at radius 1 is 0.786 bits per heavy atom. The number of ether oxygens (including phenoxy) is 6. The summed E-state index contributed by atoms with van der Waals surface area (Å²) in [4.78, 5) is 12.9. The molecule has 0 bridgehead atoms. The summed E-state index contributed by atoms with van der Waals surface area (Å²) in [5.74, 6) is -0.785. The van der Waals surface area contributed by atoms with Crippen molar-refractivity contribution in [3.8, 4) is 23.0 Å². The number of fused-ring (bicyclic) bond motifs is 6. The maximum atomic E-state index is 12.9. The zero-order chi connectivity index (χ0) is 30.0. The molecule has 0 saturated carbocycles. The minimum Gasteiger partial charge on any atom is -0.491 e. The van der Waals surface area contributed by atoms with E-state index in [1.807, 2.05) is 0 Å². The summed E-state index contributed by atoms with van der Waals surface area (Å²) in [5, 5.41) is 0. The van der Waals surface area contributed by atoms with Gasteiger partial charge in [0.2, 0.25) is 0 Å². The highest BCUT2D eigenvalue weighted by atomic mass is 32.2. The molecule has 0 aliphatic carbocycles. The van der Waals surface area contributed by atoms with E-state index in [0.717, 1.165) is 12.1 Å². The number of rotatable bonds is 12. The van der Waals surface area contributed by atoms with Crippen molar-refractivity contribution in [2.45, 2.75) is 11.1 Å². The number of methoxy groups -OCH3 is 1. The van der Waals surface area contributed by atoms with Crippen LogP contribution in [0.4, 0.5) is 13.2 Å². The second-order valence-electron chi connectivity index (χ2n) is 9.08. The topological polar surface area (TPSA) is 116 Å². The summed E-state index contributed by atoms with van der Waals surface area (Å²) >= 11 is 0. The van der Waals surface area contributed by atoms with Gasteiger partial charge in [-0.25, -0.2) is 4.79 Å². The van der Waals surface area contributed by atoms with E-state index in [4.69, 9.17) is 28.4 Å². The number of alkyl halides is 3. The van der Waals surface area contributed by atoms with E-state index in [-0.39, 0.29) is 30.3 Å². The number of hydrogen-bond donors (Lipinski definition) is 0. The quantitative estimate of drug-likeness (QED) is 0.125. The molecule has 3 aromatic rings. The van der Waals surface area contributed by atoms with Gasteiger partial charge >= 0.3 is 21.6 Å². The van der Waals surface area contributed by atoms with Crippen molar-refractivity contribution < 1.29 is 59.0 Å². The molecule has 2 aliphatic heterocycles. The van der Waals surface area contributed by atoms with Crippen molar-refractivity contribution in [3.63, 3.8) is 0 Å². The van der Waals surface area contributed by atoms with Gasteiger partial charge in [-0.2, -0.15) is 21.6 Å². The lowest BCUT2D eigenvalue weighted by Gasteiger charge is -2.36. The third-order valence-corrected chi connectivity index (χ3v) is 7.43. The Kier molecular flexibility index (Phi) is 8.32. The molecule has 0 amide bonds. The van der Waals surface area contributed by atoms with Crippen LogP contribution in [0.1, 0.15) is 27.0 Å². The SMILES string of the molecule is COCCOCCOCCOc1ccc2c(c1)Oc1cc(OS(=O)(=O)C(F)(F)F)ccc1C21OC(=O)c2ccccc21. The van der Waals surface area contributed by atoms with Crippen LogP contribution < -0.4 is 13.7 Å². The number of halogens is 3. The molecule has 0 radical (unpaired) electrons. The van der Waals surface area contributed by atoms with E-state index < -0.39 is 32.9 Å². The number of benzene rings is 3. The van der Waals surface area contributed by atoms with Crippen LogP contribution in [0, 0.1) is 0 Å². The fraction of sp³-hybridized carbons (Fsp3) is 0.321. The van der Waals surface area contributed by atoms with Gasteiger partial charge in [-0.1, -0.05) is 18.2 Å². The van der Waals surface area contributed by atoms with Crippen molar-refractivity contribution in [2.24, 2.45) is 0 Å². The van der Waals surface area contributed by atoms with Gasteiger partial charge in [-0.15, -0.1) is 0 Å².